The van der Waals surface area contributed by atoms with Crippen LogP contribution in [-0.2, 0) is 13.1 Å². The number of guanidine groups is 1. The highest BCUT2D eigenvalue weighted by Gasteiger charge is 2.20. The molecule has 0 aliphatic carbocycles. The Balaban J connectivity index is 1.41. The summed E-state index contributed by atoms with van der Waals surface area (Å²) in [6, 6.07) is 7.11. The number of aromatic nitrogens is 2. The van der Waals surface area contributed by atoms with Gasteiger partial charge in [-0.3, -0.25) is 9.89 Å². The Labute approximate surface area is 152 Å². The predicted octanol–water partition coefficient (Wildman–Crippen LogP) is 1.85. The smallest absolute Gasteiger partial charge is 0.223 e. The summed E-state index contributed by atoms with van der Waals surface area (Å²) < 4.78 is 18.0. The molecule has 1 saturated heterocycles. The molecule has 1 aliphatic heterocycles. The van der Waals surface area contributed by atoms with Crippen LogP contribution in [0.2, 0.25) is 0 Å². The third-order valence-corrected chi connectivity index (χ3v) is 4.46. The maximum absolute atomic E-state index is 13.0. The van der Waals surface area contributed by atoms with E-state index in [0.717, 1.165) is 44.0 Å². The molecule has 1 aliphatic rings. The van der Waals surface area contributed by atoms with Gasteiger partial charge in [0, 0.05) is 39.6 Å². The zero-order chi connectivity index (χ0) is 18.4. The van der Waals surface area contributed by atoms with Gasteiger partial charge in [-0.2, -0.15) is 4.98 Å². The fourth-order valence-corrected chi connectivity index (χ4v) is 3.05. The van der Waals surface area contributed by atoms with Crippen LogP contribution >= 0.6 is 0 Å². The van der Waals surface area contributed by atoms with Crippen molar-refractivity contribution in [2.45, 2.75) is 38.9 Å². The Morgan fingerprint density at radius 1 is 1.31 bits per heavy atom. The molecule has 3 rings (SSSR count). The van der Waals surface area contributed by atoms with E-state index in [-0.39, 0.29) is 5.82 Å². The number of piperidine rings is 1. The number of hydrogen-bond acceptors (Lipinski definition) is 5. The van der Waals surface area contributed by atoms with E-state index in [1.54, 1.807) is 14.0 Å². The highest BCUT2D eigenvalue weighted by atomic mass is 19.1. The molecule has 2 aromatic rings. The maximum atomic E-state index is 13.0. The highest BCUT2D eigenvalue weighted by Crippen LogP contribution is 2.14. The fraction of sp³-hybridized carbons (Fsp3) is 0.500. The standard InChI is InChI=1S/C18H25FN6O/c1-13-22-17(24-26-13)11-21-18(20-2)23-16-7-9-25(10-8-16)12-14-3-5-15(19)6-4-14/h3-6,16H,7-12H2,1-2H3,(H2,20,21,23). The van der Waals surface area contributed by atoms with Crippen LogP contribution in [0.5, 0.6) is 0 Å². The lowest BCUT2D eigenvalue weighted by Crippen LogP contribution is -2.48. The number of benzene rings is 1. The van der Waals surface area contributed by atoms with Crippen molar-refractivity contribution in [1.82, 2.24) is 25.7 Å². The molecule has 8 heteroatoms. The van der Waals surface area contributed by atoms with Gasteiger partial charge in [0.25, 0.3) is 0 Å². The molecule has 0 amide bonds. The third-order valence-electron chi connectivity index (χ3n) is 4.46. The van der Waals surface area contributed by atoms with E-state index in [1.165, 1.54) is 12.1 Å². The largest absolute Gasteiger partial charge is 0.354 e. The summed E-state index contributed by atoms with van der Waals surface area (Å²) in [5.74, 6) is 1.72. The first-order chi connectivity index (χ1) is 12.6. The summed E-state index contributed by atoms with van der Waals surface area (Å²) in [5.41, 5.74) is 1.14. The average Bonchev–Trinajstić information content (AvgIpc) is 3.07. The van der Waals surface area contributed by atoms with E-state index >= 15 is 0 Å². The van der Waals surface area contributed by atoms with Crippen LogP contribution in [0.3, 0.4) is 0 Å². The van der Waals surface area contributed by atoms with Crippen LogP contribution in [0.4, 0.5) is 4.39 Å². The molecular weight excluding hydrogens is 335 g/mol. The molecule has 26 heavy (non-hydrogen) atoms. The molecule has 0 saturated carbocycles. The average molecular weight is 360 g/mol. The Morgan fingerprint density at radius 2 is 2.04 bits per heavy atom. The van der Waals surface area contributed by atoms with Crippen molar-refractivity contribution in [3.05, 3.63) is 47.4 Å². The Hall–Kier alpha value is -2.48. The summed E-state index contributed by atoms with van der Waals surface area (Å²) >= 11 is 0. The molecule has 0 bridgehead atoms. The zero-order valence-corrected chi connectivity index (χ0v) is 15.2. The van der Waals surface area contributed by atoms with E-state index < -0.39 is 0 Å². The summed E-state index contributed by atoms with van der Waals surface area (Å²) in [6.45, 7) is 5.09. The number of rotatable bonds is 5. The van der Waals surface area contributed by atoms with E-state index in [1.807, 2.05) is 12.1 Å². The summed E-state index contributed by atoms with van der Waals surface area (Å²) in [6.07, 6.45) is 2.06. The molecule has 0 unspecified atom stereocenters. The number of likely N-dealkylation sites (tertiary alicyclic amines) is 1. The van der Waals surface area contributed by atoms with Crippen molar-refractivity contribution < 1.29 is 8.91 Å². The second-order valence-electron chi connectivity index (χ2n) is 6.48. The summed E-state index contributed by atoms with van der Waals surface area (Å²) in [7, 11) is 1.75. The third kappa shape index (κ3) is 5.26. The van der Waals surface area contributed by atoms with Crippen molar-refractivity contribution in [3.63, 3.8) is 0 Å². The van der Waals surface area contributed by atoms with E-state index in [4.69, 9.17) is 4.52 Å². The molecular formula is C18H25FN6O. The minimum absolute atomic E-state index is 0.188. The van der Waals surface area contributed by atoms with E-state index in [9.17, 15) is 4.39 Å². The predicted molar refractivity (Wildman–Crippen MR) is 97.1 cm³/mol. The molecule has 1 fully saturated rings. The Bertz CT molecular complexity index is 722. The van der Waals surface area contributed by atoms with E-state index in [0.29, 0.717) is 24.3 Å². The first-order valence-electron chi connectivity index (χ1n) is 8.85. The monoisotopic (exact) mass is 360 g/mol. The van der Waals surface area contributed by atoms with Gasteiger partial charge in [-0.15, -0.1) is 0 Å². The van der Waals surface area contributed by atoms with Crippen molar-refractivity contribution in [3.8, 4) is 0 Å². The van der Waals surface area contributed by atoms with Gasteiger partial charge in [0.05, 0.1) is 6.54 Å². The lowest BCUT2D eigenvalue weighted by molar-refractivity contribution is 0.198. The second-order valence-corrected chi connectivity index (χ2v) is 6.48. The van der Waals surface area contributed by atoms with Crippen LogP contribution in [0.15, 0.2) is 33.8 Å². The van der Waals surface area contributed by atoms with E-state index in [2.05, 4.69) is 30.7 Å². The fourth-order valence-electron chi connectivity index (χ4n) is 3.05. The van der Waals surface area contributed by atoms with Crippen molar-refractivity contribution in [2.75, 3.05) is 20.1 Å². The topological polar surface area (TPSA) is 78.6 Å². The maximum Gasteiger partial charge on any atom is 0.223 e. The number of nitrogens with zero attached hydrogens (tertiary/aromatic N) is 4. The van der Waals surface area contributed by atoms with Crippen molar-refractivity contribution in [2.24, 2.45) is 4.99 Å². The number of aryl methyl sites for hydroxylation is 1. The molecule has 1 aromatic heterocycles. The molecule has 0 atom stereocenters. The molecule has 0 spiro atoms. The number of halogens is 1. The lowest BCUT2D eigenvalue weighted by Gasteiger charge is -2.33. The van der Waals surface area contributed by atoms with Crippen LogP contribution in [0.25, 0.3) is 0 Å². The number of hydrogen-bond donors (Lipinski definition) is 2. The van der Waals surface area contributed by atoms with Gasteiger partial charge in [0.2, 0.25) is 5.89 Å². The number of nitrogens with one attached hydrogen (secondary N) is 2. The summed E-state index contributed by atoms with van der Waals surface area (Å²) in [4.78, 5) is 10.8. The molecule has 0 radical (unpaired) electrons. The minimum atomic E-state index is -0.188. The van der Waals surface area contributed by atoms with Gasteiger partial charge in [0.15, 0.2) is 11.8 Å². The van der Waals surface area contributed by atoms with Crippen LogP contribution < -0.4 is 10.6 Å². The van der Waals surface area contributed by atoms with Gasteiger partial charge in [-0.25, -0.2) is 4.39 Å². The second kappa shape index (κ2) is 8.75. The van der Waals surface area contributed by atoms with Gasteiger partial charge in [-0.05, 0) is 30.5 Å². The van der Waals surface area contributed by atoms with Crippen LogP contribution in [-0.4, -0.2) is 47.2 Å². The quantitative estimate of drug-likeness (QED) is 0.626. The first-order valence-corrected chi connectivity index (χ1v) is 8.85. The lowest BCUT2D eigenvalue weighted by atomic mass is 10.0. The first kappa shape index (κ1) is 18.3. The SMILES string of the molecule is CN=C(NCc1noc(C)n1)NC1CCN(Cc2ccc(F)cc2)CC1. The minimum Gasteiger partial charge on any atom is -0.354 e. The van der Waals surface area contributed by atoms with Crippen LogP contribution in [0.1, 0.15) is 30.1 Å². The van der Waals surface area contributed by atoms with Crippen molar-refractivity contribution in [1.29, 1.82) is 0 Å². The van der Waals surface area contributed by atoms with Gasteiger partial charge in [-0.1, -0.05) is 17.3 Å². The van der Waals surface area contributed by atoms with Crippen LogP contribution in [0, 0.1) is 12.7 Å². The molecule has 140 valence electrons. The molecule has 1 aromatic carbocycles. The Kier molecular flexibility index (Phi) is 6.17. The van der Waals surface area contributed by atoms with Crippen molar-refractivity contribution >= 4 is 5.96 Å². The number of aliphatic imine (C=N–C) groups is 1. The molecule has 2 N–H and O–H groups in total. The zero-order valence-electron chi connectivity index (χ0n) is 15.2. The molecule has 7 nitrogen and oxygen atoms in total. The van der Waals surface area contributed by atoms with Gasteiger partial charge in [0.1, 0.15) is 5.82 Å². The summed E-state index contributed by atoms with van der Waals surface area (Å²) in [5, 5.41) is 10.5. The van der Waals surface area contributed by atoms with Gasteiger partial charge < -0.3 is 15.2 Å². The normalized spacial score (nSPS) is 16.7. The highest BCUT2D eigenvalue weighted by molar-refractivity contribution is 5.79. The molecule has 2 heterocycles. The van der Waals surface area contributed by atoms with Gasteiger partial charge >= 0.3 is 0 Å². The Morgan fingerprint density at radius 3 is 2.65 bits per heavy atom.